The van der Waals surface area contributed by atoms with Gasteiger partial charge in [-0.1, -0.05) is 31.9 Å². The molecular formula is C18H36Br2O8. The highest BCUT2D eigenvalue weighted by atomic mass is 79.9. The Morgan fingerprint density at radius 3 is 0.536 bits per heavy atom. The minimum atomic E-state index is 0.544. The predicted octanol–water partition coefficient (Wildman–Crippen LogP) is 1.91. The van der Waals surface area contributed by atoms with Crippen molar-refractivity contribution in [1.29, 1.82) is 0 Å². The Balaban J connectivity index is 2.96. The fourth-order valence-electron chi connectivity index (χ4n) is 1.75. The quantitative estimate of drug-likeness (QED) is 0.129. The Bertz CT molecular complexity index is 252. The van der Waals surface area contributed by atoms with Crippen LogP contribution >= 0.6 is 31.9 Å². The van der Waals surface area contributed by atoms with Crippen molar-refractivity contribution in [2.45, 2.75) is 0 Å². The van der Waals surface area contributed by atoms with Gasteiger partial charge in [-0.05, 0) is 0 Å². The van der Waals surface area contributed by atoms with Crippen molar-refractivity contribution in [3.8, 4) is 0 Å². The van der Waals surface area contributed by atoms with E-state index in [2.05, 4.69) is 31.9 Å². The minimum absolute atomic E-state index is 0.544. The second-order valence-corrected chi connectivity index (χ2v) is 6.86. The van der Waals surface area contributed by atoms with E-state index in [1.807, 2.05) is 0 Å². The van der Waals surface area contributed by atoms with Gasteiger partial charge < -0.3 is 37.9 Å². The summed E-state index contributed by atoms with van der Waals surface area (Å²) in [5, 5.41) is 1.69. The van der Waals surface area contributed by atoms with Gasteiger partial charge in [-0.2, -0.15) is 0 Å². The third-order valence-corrected chi connectivity index (χ3v) is 3.69. The summed E-state index contributed by atoms with van der Waals surface area (Å²) >= 11 is 6.58. The van der Waals surface area contributed by atoms with Crippen molar-refractivity contribution < 1.29 is 37.9 Å². The highest BCUT2D eigenvalue weighted by Gasteiger charge is 1.94. The lowest BCUT2D eigenvalue weighted by Gasteiger charge is -2.08. The average Bonchev–Trinajstić information content (AvgIpc) is 2.71. The summed E-state index contributed by atoms with van der Waals surface area (Å²) in [5.41, 5.74) is 0. The summed E-state index contributed by atoms with van der Waals surface area (Å²) in [4.78, 5) is 0. The summed E-state index contributed by atoms with van der Waals surface area (Å²) < 4.78 is 42.9. The van der Waals surface area contributed by atoms with E-state index in [4.69, 9.17) is 37.9 Å². The van der Waals surface area contributed by atoms with Crippen LogP contribution in [0.1, 0.15) is 0 Å². The first-order chi connectivity index (χ1) is 13.9. The Morgan fingerprint density at radius 1 is 0.250 bits per heavy atom. The lowest BCUT2D eigenvalue weighted by molar-refractivity contribution is -0.0224. The Hall–Kier alpha value is 0.640. The van der Waals surface area contributed by atoms with Crippen LogP contribution in [-0.2, 0) is 37.9 Å². The smallest absolute Gasteiger partial charge is 0.0701 e. The zero-order valence-electron chi connectivity index (χ0n) is 16.7. The van der Waals surface area contributed by atoms with E-state index in [0.29, 0.717) is 106 Å². The van der Waals surface area contributed by atoms with Crippen LogP contribution in [0, 0.1) is 0 Å². The zero-order chi connectivity index (χ0) is 20.4. The van der Waals surface area contributed by atoms with E-state index < -0.39 is 0 Å². The molecule has 0 unspecified atom stereocenters. The van der Waals surface area contributed by atoms with Gasteiger partial charge in [-0.15, -0.1) is 0 Å². The maximum atomic E-state index is 5.41. The maximum absolute atomic E-state index is 5.41. The van der Waals surface area contributed by atoms with Gasteiger partial charge in [0.25, 0.3) is 0 Å². The topological polar surface area (TPSA) is 73.8 Å². The van der Waals surface area contributed by atoms with Gasteiger partial charge in [-0.25, -0.2) is 0 Å². The lowest BCUT2D eigenvalue weighted by atomic mass is 10.6. The van der Waals surface area contributed by atoms with E-state index in [9.17, 15) is 0 Å². The van der Waals surface area contributed by atoms with Gasteiger partial charge in [0, 0.05) is 10.7 Å². The average molecular weight is 540 g/mol. The molecule has 0 heterocycles. The minimum Gasteiger partial charge on any atom is -0.378 e. The molecule has 0 atom stereocenters. The highest BCUT2D eigenvalue weighted by molar-refractivity contribution is 9.09. The third-order valence-electron chi connectivity index (χ3n) is 3.05. The Labute approximate surface area is 186 Å². The largest absolute Gasteiger partial charge is 0.378 e. The number of alkyl halides is 2. The molecule has 28 heavy (non-hydrogen) atoms. The molecule has 8 nitrogen and oxygen atoms in total. The molecule has 0 aromatic heterocycles. The van der Waals surface area contributed by atoms with Crippen LogP contribution in [0.3, 0.4) is 0 Å². The van der Waals surface area contributed by atoms with E-state index in [0.717, 1.165) is 10.7 Å². The standard InChI is InChI=1S/C18H36Br2O8/c19-1-3-21-5-7-23-9-11-25-13-15-27-17-18-28-16-14-26-12-10-24-8-6-22-4-2-20/h1-18H2. The van der Waals surface area contributed by atoms with Crippen LogP contribution in [0.5, 0.6) is 0 Å². The molecule has 0 aliphatic heterocycles. The van der Waals surface area contributed by atoms with Crippen LogP contribution < -0.4 is 0 Å². The van der Waals surface area contributed by atoms with Crippen LogP contribution in [0.15, 0.2) is 0 Å². The number of hydrogen-bond acceptors (Lipinski definition) is 8. The molecule has 0 radical (unpaired) electrons. The van der Waals surface area contributed by atoms with E-state index in [1.165, 1.54) is 0 Å². The Kier molecular flexibility index (Phi) is 28.3. The number of hydrogen-bond donors (Lipinski definition) is 0. The first-order valence-corrected chi connectivity index (χ1v) is 11.9. The summed E-state index contributed by atoms with van der Waals surface area (Å²) in [7, 11) is 0. The lowest BCUT2D eigenvalue weighted by Crippen LogP contribution is -2.15. The van der Waals surface area contributed by atoms with E-state index in [1.54, 1.807) is 0 Å². The SMILES string of the molecule is BrCCOCCOCCOCCOCCOCCOCCOCCOCCBr. The predicted molar refractivity (Wildman–Crippen MR) is 114 cm³/mol. The molecule has 170 valence electrons. The molecule has 0 N–H and O–H groups in total. The van der Waals surface area contributed by atoms with Gasteiger partial charge >= 0.3 is 0 Å². The van der Waals surface area contributed by atoms with Crippen molar-refractivity contribution in [1.82, 2.24) is 0 Å². The van der Waals surface area contributed by atoms with Gasteiger partial charge in [-0.3, -0.25) is 0 Å². The van der Waals surface area contributed by atoms with Crippen molar-refractivity contribution in [2.24, 2.45) is 0 Å². The molecule has 0 saturated carbocycles. The van der Waals surface area contributed by atoms with Gasteiger partial charge in [0.1, 0.15) is 0 Å². The number of ether oxygens (including phenoxy) is 8. The summed E-state index contributed by atoms with van der Waals surface area (Å²) in [6.07, 6.45) is 0. The fourth-order valence-corrected chi connectivity index (χ4v) is 2.21. The van der Waals surface area contributed by atoms with Crippen LogP contribution in [0.2, 0.25) is 0 Å². The number of rotatable bonds is 25. The molecule has 0 spiro atoms. The molecular weight excluding hydrogens is 504 g/mol. The molecule has 0 aliphatic rings. The molecule has 0 aliphatic carbocycles. The zero-order valence-corrected chi connectivity index (χ0v) is 19.9. The molecule has 10 heteroatoms. The monoisotopic (exact) mass is 538 g/mol. The van der Waals surface area contributed by atoms with E-state index in [-0.39, 0.29) is 0 Å². The van der Waals surface area contributed by atoms with Gasteiger partial charge in [0.05, 0.1) is 106 Å². The highest BCUT2D eigenvalue weighted by Crippen LogP contribution is 1.87. The first kappa shape index (κ1) is 28.6. The molecule has 0 fully saturated rings. The normalized spacial score (nSPS) is 11.4. The molecule has 0 aromatic carbocycles. The summed E-state index contributed by atoms with van der Waals surface area (Å²) in [6, 6.07) is 0. The summed E-state index contributed by atoms with van der Waals surface area (Å²) in [5.74, 6) is 0. The summed E-state index contributed by atoms with van der Waals surface area (Å²) in [6.45, 7) is 9.35. The molecule has 0 aromatic rings. The van der Waals surface area contributed by atoms with Crippen molar-refractivity contribution in [3.05, 3.63) is 0 Å². The van der Waals surface area contributed by atoms with Crippen LogP contribution in [0.4, 0.5) is 0 Å². The fraction of sp³-hybridized carbons (Fsp3) is 1.00. The van der Waals surface area contributed by atoms with Crippen LogP contribution in [-0.4, -0.2) is 116 Å². The molecule has 0 amide bonds. The third kappa shape index (κ3) is 26.6. The van der Waals surface area contributed by atoms with E-state index >= 15 is 0 Å². The van der Waals surface area contributed by atoms with Crippen molar-refractivity contribution in [2.75, 3.05) is 116 Å². The second kappa shape index (κ2) is 27.6. The van der Waals surface area contributed by atoms with Gasteiger partial charge in [0.2, 0.25) is 0 Å². The first-order valence-electron chi connectivity index (χ1n) is 9.65. The van der Waals surface area contributed by atoms with Crippen molar-refractivity contribution >= 4 is 31.9 Å². The molecule has 0 bridgehead atoms. The van der Waals surface area contributed by atoms with Gasteiger partial charge in [0.15, 0.2) is 0 Å². The van der Waals surface area contributed by atoms with Crippen molar-refractivity contribution in [3.63, 3.8) is 0 Å². The van der Waals surface area contributed by atoms with Crippen LogP contribution in [0.25, 0.3) is 0 Å². The number of halogens is 2. The molecule has 0 rings (SSSR count). The molecule has 0 saturated heterocycles. The second-order valence-electron chi connectivity index (χ2n) is 5.28. The Morgan fingerprint density at radius 2 is 0.393 bits per heavy atom. The maximum Gasteiger partial charge on any atom is 0.0701 e.